The summed E-state index contributed by atoms with van der Waals surface area (Å²) in [6, 6.07) is 5.65. The summed E-state index contributed by atoms with van der Waals surface area (Å²) in [5, 5.41) is 12.4. The lowest BCUT2D eigenvalue weighted by molar-refractivity contribution is 0.0343. The van der Waals surface area contributed by atoms with Crippen molar-refractivity contribution in [2.24, 2.45) is 0 Å². The molecule has 0 spiro atoms. The highest BCUT2D eigenvalue weighted by molar-refractivity contribution is 6.35. The van der Waals surface area contributed by atoms with Crippen LogP contribution in [0.15, 0.2) is 30.6 Å². The van der Waals surface area contributed by atoms with Gasteiger partial charge in [-0.15, -0.1) is 0 Å². The first kappa shape index (κ1) is 23.5. The summed E-state index contributed by atoms with van der Waals surface area (Å²) in [7, 11) is 0. The fraction of sp³-hybridized carbons (Fsp3) is 0.455. The summed E-state index contributed by atoms with van der Waals surface area (Å²) >= 11 is 12.4. The average Bonchev–Trinajstić information content (AvgIpc) is 2.71. The third kappa shape index (κ3) is 6.33. The van der Waals surface area contributed by atoms with Crippen LogP contribution in [-0.4, -0.2) is 23.5 Å². The van der Waals surface area contributed by atoms with Crippen molar-refractivity contribution in [2.75, 3.05) is 11.9 Å². The quantitative estimate of drug-likeness (QED) is 0.483. The molecular formula is C22H29Cl2N3O2. The Morgan fingerprint density at radius 2 is 1.93 bits per heavy atom. The van der Waals surface area contributed by atoms with Crippen LogP contribution >= 0.6 is 23.2 Å². The predicted molar refractivity (Wildman–Crippen MR) is 121 cm³/mol. The summed E-state index contributed by atoms with van der Waals surface area (Å²) in [5.74, 6) is 0.642. The van der Waals surface area contributed by atoms with Crippen LogP contribution in [0.25, 0.3) is 0 Å². The lowest BCUT2D eigenvalue weighted by atomic mass is 10.1. The average molecular weight is 438 g/mol. The third-order valence-corrected chi connectivity index (χ3v) is 5.10. The number of halogens is 2. The molecule has 1 saturated heterocycles. The second-order valence-electron chi connectivity index (χ2n) is 6.61. The van der Waals surface area contributed by atoms with Crippen molar-refractivity contribution in [1.82, 2.24) is 4.98 Å². The minimum atomic E-state index is -0.354. The Balaban J connectivity index is 0.00000145. The van der Waals surface area contributed by atoms with Crippen LogP contribution in [0.2, 0.25) is 10.0 Å². The maximum absolute atomic E-state index is 8.12. The molecule has 29 heavy (non-hydrogen) atoms. The van der Waals surface area contributed by atoms with E-state index in [9.17, 15) is 0 Å². The number of anilines is 1. The van der Waals surface area contributed by atoms with Crippen molar-refractivity contribution in [3.8, 4) is 5.75 Å². The van der Waals surface area contributed by atoms with Gasteiger partial charge in [-0.25, -0.2) is 0 Å². The second kappa shape index (κ2) is 11.4. The largest absolute Gasteiger partial charge is 0.486 e. The van der Waals surface area contributed by atoms with E-state index in [1.165, 1.54) is 0 Å². The molecule has 2 atom stereocenters. The van der Waals surface area contributed by atoms with Gasteiger partial charge in [0.1, 0.15) is 18.1 Å². The third-order valence-electron chi connectivity index (χ3n) is 4.50. The number of hydrogen-bond donors (Lipinski definition) is 2. The van der Waals surface area contributed by atoms with E-state index in [0.29, 0.717) is 27.1 Å². The Morgan fingerprint density at radius 3 is 2.52 bits per heavy atom. The molecule has 0 bridgehead atoms. The van der Waals surface area contributed by atoms with E-state index < -0.39 is 0 Å². The second-order valence-corrected chi connectivity index (χ2v) is 7.42. The minimum Gasteiger partial charge on any atom is -0.486 e. The number of benzene rings is 1. The van der Waals surface area contributed by atoms with Crippen molar-refractivity contribution in [1.29, 1.82) is 5.41 Å². The molecule has 0 radical (unpaired) electrons. The molecule has 0 saturated carbocycles. The molecule has 1 aromatic carbocycles. The van der Waals surface area contributed by atoms with Crippen molar-refractivity contribution in [2.45, 2.75) is 59.3 Å². The van der Waals surface area contributed by atoms with Crippen LogP contribution in [-0.2, 0) is 4.74 Å². The number of hydrogen-bond acceptors (Lipinski definition) is 5. The van der Waals surface area contributed by atoms with Crippen LogP contribution < -0.4 is 10.1 Å². The number of nitrogens with one attached hydrogen (secondary N) is 2. The van der Waals surface area contributed by atoms with Crippen molar-refractivity contribution in [3.05, 3.63) is 51.8 Å². The van der Waals surface area contributed by atoms with Gasteiger partial charge in [0.05, 0.1) is 10.0 Å². The zero-order valence-electron chi connectivity index (χ0n) is 17.4. The molecule has 1 aliphatic rings. The molecule has 1 aliphatic heterocycles. The van der Waals surface area contributed by atoms with Crippen LogP contribution in [0.1, 0.15) is 64.2 Å². The Morgan fingerprint density at radius 1 is 1.24 bits per heavy atom. The molecule has 2 unspecified atom stereocenters. The molecule has 1 aromatic heterocycles. The fourth-order valence-corrected chi connectivity index (χ4v) is 3.81. The molecule has 7 heteroatoms. The first-order valence-corrected chi connectivity index (χ1v) is 10.7. The lowest BCUT2D eigenvalue weighted by Crippen LogP contribution is -2.27. The fourth-order valence-electron chi connectivity index (χ4n) is 3.13. The van der Waals surface area contributed by atoms with E-state index in [-0.39, 0.29) is 12.3 Å². The van der Waals surface area contributed by atoms with Gasteiger partial charge in [0.2, 0.25) is 0 Å². The maximum Gasteiger partial charge on any atom is 0.127 e. The van der Waals surface area contributed by atoms with Gasteiger partial charge < -0.3 is 20.2 Å². The molecule has 5 nitrogen and oxygen atoms in total. The predicted octanol–water partition coefficient (Wildman–Crippen LogP) is 6.88. The summed E-state index contributed by atoms with van der Waals surface area (Å²) in [6.45, 7) is 8.40. The van der Waals surface area contributed by atoms with E-state index >= 15 is 0 Å². The summed E-state index contributed by atoms with van der Waals surface area (Å²) in [5.41, 5.74) is 2.79. The molecule has 0 amide bonds. The molecule has 158 valence electrons. The minimum absolute atomic E-state index is 0.0167. The van der Waals surface area contributed by atoms with E-state index in [2.05, 4.69) is 10.3 Å². The topological polar surface area (TPSA) is 67.2 Å². The number of aromatic nitrogens is 1. The van der Waals surface area contributed by atoms with E-state index in [1.54, 1.807) is 19.3 Å². The van der Waals surface area contributed by atoms with Gasteiger partial charge in [-0.2, -0.15) is 0 Å². The van der Waals surface area contributed by atoms with Crippen molar-refractivity contribution in [3.63, 3.8) is 0 Å². The van der Waals surface area contributed by atoms with Gasteiger partial charge >= 0.3 is 0 Å². The van der Waals surface area contributed by atoms with Crippen molar-refractivity contribution < 1.29 is 9.47 Å². The Hall–Kier alpha value is -1.82. The first-order chi connectivity index (χ1) is 14.0. The standard InChI is InChI=1S/C20H23Cl2N3O2.C2H6/c1-12(23)15-9-14(6-7-18(15)25-19-5-3-4-8-26-19)27-13(2)20-16(21)10-24-11-17(20)22;1-2/h6-7,9-11,13,19,23,25H,3-5,8H2,1-2H3;1-2H3. The van der Waals surface area contributed by atoms with Crippen molar-refractivity contribution >= 4 is 34.6 Å². The molecule has 3 rings (SSSR count). The number of ether oxygens (including phenoxy) is 2. The maximum atomic E-state index is 8.12. The zero-order valence-corrected chi connectivity index (χ0v) is 18.9. The molecule has 2 heterocycles. The van der Waals surface area contributed by atoms with Gasteiger partial charge in [-0.3, -0.25) is 4.98 Å². The Labute approximate surface area is 183 Å². The summed E-state index contributed by atoms with van der Waals surface area (Å²) in [4.78, 5) is 3.97. The first-order valence-electron chi connectivity index (χ1n) is 9.99. The van der Waals surface area contributed by atoms with Crippen LogP contribution in [0.3, 0.4) is 0 Å². The van der Waals surface area contributed by atoms with E-state index in [0.717, 1.165) is 37.1 Å². The molecule has 2 aromatic rings. The highest BCUT2D eigenvalue weighted by Gasteiger charge is 2.19. The highest BCUT2D eigenvalue weighted by Crippen LogP contribution is 2.33. The summed E-state index contributed by atoms with van der Waals surface area (Å²) in [6.07, 6.45) is 5.93. The van der Waals surface area contributed by atoms with Crippen LogP contribution in [0.4, 0.5) is 5.69 Å². The highest BCUT2D eigenvalue weighted by atomic mass is 35.5. The van der Waals surface area contributed by atoms with E-state index in [1.807, 2.05) is 39.0 Å². The van der Waals surface area contributed by atoms with E-state index in [4.69, 9.17) is 38.1 Å². The van der Waals surface area contributed by atoms with Crippen LogP contribution in [0.5, 0.6) is 5.75 Å². The van der Waals surface area contributed by atoms with Gasteiger partial charge in [0.15, 0.2) is 0 Å². The zero-order chi connectivity index (χ0) is 21.4. The van der Waals surface area contributed by atoms with Gasteiger partial charge in [-0.1, -0.05) is 37.0 Å². The number of pyridine rings is 1. The van der Waals surface area contributed by atoms with Gasteiger partial charge in [0.25, 0.3) is 0 Å². The monoisotopic (exact) mass is 437 g/mol. The molecule has 0 aliphatic carbocycles. The Kier molecular flexibility index (Phi) is 9.21. The Bertz CT molecular complexity index is 803. The van der Waals surface area contributed by atoms with Gasteiger partial charge in [-0.05, 0) is 51.3 Å². The number of nitrogens with zero attached hydrogens (tertiary/aromatic N) is 1. The lowest BCUT2D eigenvalue weighted by Gasteiger charge is -2.26. The van der Waals surface area contributed by atoms with Gasteiger partial charge in [0, 0.05) is 41.5 Å². The number of rotatable bonds is 6. The molecule has 2 N–H and O–H groups in total. The normalized spacial score (nSPS) is 17.0. The molecular weight excluding hydrogens is 409 g/mol. The SMILES string of the molecule is CC.CC(=N)c1cc(OC(C)c2c(Cl)cncc2Cl)ccc1NC1CCCCO1. The summed E-state index contributed by atoms with van der Waals surface area (Å²) < 4.78 is 11.8. The smallest absolute Gasteiger partial charge is 0.127 e. The van der Waals surface area contributed by atoms with Crippen LogP contribution in [0, 0.1) is 5.41 Å². The molecule has 1 fully saturated rings.